The van der Waals surface area contributed by atoms with Crippen molar-refractivity contribution in [3.63, 3.8) is 0 Å². The zero-order valence-corrected chi connectivity index (χ0v) is 16.0. The summed E-state index contributed by atoms with van der Waals surface area (Å²) >= 11 is 0. The van der Waals surface area contributed by atoms with E-state index in [-0.39, 0.29) is 11.8 Å². The number of amides is 2. The van der Waals surface area contributed by atoms with E-state index in [0.29, 0.717) is 37.3 Å². The molecule has 0 bridgehead atoms. The zero-order valence-electron chi connectivity index (χ0n) is 16.0. The SMILES string of the molecule is O=C1c2ccccc2C(=O)N1CCC1(c2ccccc2)COCc2ccccc21. The van der Waals surface area contributed by atoms with Gasteiger partial charge in [-0.2, -0.15) is 0 Å². The first kappa shape index (κ1) is 17.8. The van der Waals surface area contributed by atoms with Crippen molar-refractivity contribution in [3.8, 4) is 0 Å². The van der Waals surface area contributed by atoms with Gasteiger partial charge >= 0.3 is 0 Å². The van der Waals surface area contributed by atoms with Crippen LogP contribution in [0.3, 0.4) is 0 Å². The monoisotopic (exact) mass is 383 g/mol. The third-order valence-corrected chi connectivity index (χ3v) is 6.11. The van der Waals surface area contributed by atoms with Crippen LogP contribution >= 0.6 is 0 Å². The molecule has 1 unspecified atom stereocenters. The summed E-state index contributed by atoms with van der Waals surface area (Å²) in [7, 11) is 0. The second-order valence-electron chi connectivity index (χ2n) is 7.66. The lowest BCUT2D eigenvalue weighted by Crippen LogP contribution is -2.42. The lowest BCUT2D eigenvalue weighted by atomic mass is 9.70. The molecule has 144 valence electrons. The minimum Gasteiger partial charge on any atom is -0.375 e. The maximum absolute atomic E-state index is 12.8. The molecule has 0 saturated carbocycles. The average Bonchev–Trinajstić information content (AvgIpc) is 3.03. The summed E-state index contributed by atoms with van der Waals surface area (Å²) in [5, 5.41) is 0. The molecule has 5 rings (SSSR count). The molecule has 4 nitrogen and oxygen atoms in total. The minimum absolute atomic E-state index is 0.209. The number of carbonyl (C=O) groups excluding carboxylic acids is 2. The Morgan fingerprint density at radius 1 is 0.793 bits per heavy atom. The second-order valence-corrected chi connectivity index (χ2v) is 7.66. The van der Waals surface area contributed by atoms with Crippen LogP contribution in [0, 0.1) is 0 Å². The number of nitrogens with zero attached hydrogens (tertiary/aromatic N) is 1. The Balaban J connectivity index is 1.52. The number of carbonyl (C=O) groups is 2. The smallest absolute Gasteiger partial charge is 0.261 e. The van der Waals surface area contributed by atoms with Gasteiger partial charge in [-0.05, 0) is 35.2 Å². The molecule has 2 heterocycles. The standard InChI is InChI=1S/C25H21NO3/c27-23-20-11-5-6-12-21(20)24(28)26(23)15-14-25(19-9-2-1-3-10-19)17-29-16-18-8-4-7-13-22(18)25/h1-13H,14-17H2. The topological polar surface area (TPSA) is 46.6 Å². The van der Waals surface area contributed by atoms with Gasteiger partial charge in [0.2, 0.25) is 0 Å². The molecule has 2 aliphatic heterocycles. The molecule has 0 N–H and O–H groups in total. The fraction of sp³-hybridized carbons (Fsp3) is 0.200. The van der Waals surface area contributed by atoms with Crippen LogP contribution in [0.2, 0.25) is 0 Å². The van der Waals surface area contributed by atoms with Crippen LogP contribution in [0.25, 0.3) is 0 Å². The van der Waals surface area contributed by atoms with E-state index in [9.17, 15) is 9.59 Å². The molecule has 0 saturated heterocycles. The summed E-state index contributed by atoms with van der Waals surface area (Å²) in [6.45, 7) is 1.45. The van der Waals surface area contributed by atoms with E-state index in [4.69, 9.17) is 4.74 Å². The molecule has 0 fully saturated rings. The lowest BCUT2D eigenvalue weighted by molar-refractivity contribution is 0.0510. The highest BCUT2D eigenvalue weighted by Gasteiger charge is 2.42. The van der Waals surface area contributed by atoms with Gasteiger partial charge in [0, 0.05) is 12.0 Å². The van der Waals surface area contributed by atoms with Gasteiger partial charge in [0.1, 0.15) is 0 Å². The van der Waals surface area contributed by atoms with E-state index in [1.54, 1.807) is 24.3 Å². The van der Waals surface area contributed by atoms with Crippen LogP contribution in [0.5, 0.6) is 0 Å². The van der Waals surface area contributed by atoms with Crippen molar-refractivity contribution in [2.75, 3.05) is 13.2 Å². The van der Waals surface area contributed by atoms with Crippen LogP contribution in [-0.4, -0.2) is 29.9 Å². The highest BCUT2D eigenvalue weighted by molar-refractivity contribution is 6.21. The minimum atomic E-state index is -0.397. The molecular formula is C25H21NO3. The predicted molar refractivity (Wildman–Crippen MR) is 110 cm³/mol. The second kappa shape index (κ2) is 6.98. The Morgan fingerprint density at radius 2 is 1.41 bits per heavy atom. The summed E-state index contributed by atoms with van der Waals surface area (Å²) < 4.78 is 6.01. The number of hydrogen-bond acceptors (Lipinski definition) is 3. The quantitative estimate of drug-likeness (QED) is 0.635. The van der Waals surface area contributed by atoms with E-state index in [1.807, 2.05) is 30.3 Å². The fourth-order valence-electron chi connectivity index (χ4n) is 4.62. The molecule has 2 amide bonds. The lowest BCUT2D eigenvalue weighted by Gasteiger charge is -2.40. The molecular weight excluding hydrogens is 362 g/mol. The third-order valence-electron chi connectivity index (χ3n) is 6.11. The van der Waals surface area contributed by atoms with Crippen LogP contribution in [0.4, 0.5) is 0 Å². The van der Waals surface area contributed by atoms with E-state index in [2.05, 4.69) is 24.3 Å². The number of hydrogen-bond donors (Lipinski definition) is 0. The number of ether oxygens (including phenoxy) is 1. The van der Waals surface area contributed by atoms with Crippen molar-refractivity contribution >= 4 is 11.8 Å². The first-order valence-corrected chi connectivity index (χ1v) is 9.88. The molecule has 4 heteroatoms. The Kier molecular flexibility index (Phi) is 4.29. The molecule has 0 spiro atoms. The normalized spacial score (nSPS) is 20.5. The molecule has 2 aliphatic rings. The van der Waals surface area contributed by atoms with Crippen molar-refractivity contribution < 1.29 is 14.3 Å². The first-order chi connectivity index (χ1) is 14.2. The third kappa shape index (κ3) is 2.79. The van der Waals surface area contributed by atoms with Gasteiger partial charge in [-0.1, -0.05) is 66.7 Å². The van der Waals surface area contributed by atoms with Gasteiger partial charge < -0.3 is 4.74 Å². The maximum atomic E-state index is 12.8. The van der Waals surface area contributed by atoms with E-state index < -0.39 is 5.41 Å². The van der Waals surface area contributed by atoms with Crippen LogP contribution < -0.4 is 0 Å². The van der Waals surface area contributed by atoms with Gasteiger partial charge in [0.15, 0.2) is 0 Å². The largest absolute Gasteiger partial charge is 0.375 e. The van der Waals surface area contributed by atoms with E-state index in [1.165, 1.54) is 10.5 Å². The van der Waals surface area contributed by atoms with E-state index in [0.717, 1.165) is 11.1 Å². The summed E-state index contributed by atoms with van der Waals surface area (Å²) in [5.41, 5.74) is 4.10. The molecule has 3 aromatic carbocycles. The number of benzene rings is 3. The van der Waals surface area contributed by atoms with Gasteiger partial charge in [0.05, 0.1) is 24.3 Å². The summed E-state index contributed by atoms with van der Waals surface area (Å²) in [6, 6.07) is 25.6. The van der Waals surface area contributed by atoms with Crippen molar-refractivity contribution in [3.05, 3.63) is 107 Å². The Labute approximate surface area is 169 Å². The number of fused-ring (bicyclic) bond motifs is 2. The van der Waals surface area contributed by atoms with Crippen LogP contribution in [0.15, 0.2) is 78.9 Å². The highest BCUT2D eigenvalue weighted by atomic mass is 16.5. The van der Waals surface area contributed by atoms with Crippen molar-refractivity contribution in [2.45, 2.75) is 18.4 Å². The molecule has 0 radical (unpaired) electrons. The van der Waals surface area contributed by atoms with Crippen LogP contribution in [0.1, 0.15) is 43.8 Å². The Bertz CT molecular complexity index is 1060. The molecule has 29 heavy (non-hydrogen) atoms. The predicted octanol–water partition coefficient (Wildman–Crippen LogP) is 4.19. The average molecular weight is 383 g/mol. The molecule has 1 atom stereocenters. The van der Waals surface area contributed by atoms with Crippen molar-refractivity contribution in [2.24, 2.45) is 0 Å². The Morgan fingerprint density at radius 3 is 2.14 bits per heavy atom. The number of imide groups is 1. The summed E-state index contributed by atoms with van der Waals surface area (Å²) in [6.07, 6.45) is 0.611. The van der Waals surface area contributed by atoms with Gasteiger partial charge in [-0.15, -0.1) is 0 Å². The van der Waals surface area contributed by atoms with Gasteiger partial charge in [-0.25, -0.2) is 0 Å². The zero-order chi connectivity index (χ0) is 19.8. The molecule has 3 aromatic rings. The summed E-state index contributed by atoms with van der Waals surface area (Å²) in [4.78, 5) is 27.1. The molecule has 0 aliphatic carbocycles. The fourth-order valence-corrected chi connectivity index (χ4v) is 4.62. The first-order valence-electron chi connectivity index (χ1n) is 9.88. The van der Waals surface area contributed by atoms with Crippen LogP contribution in [-0.2, 0) is 16.8 Å². The van der Waals surface area contributed by atoms with Crippen molar-refractivity contribution in [1.82, 2.24) is 4.90 Å². The van der Waals surface area contributed by atoms with Gasteiger partial charge in [0.25, 0.3) is 11.8 Å². The Hall–Kier alpha value is -3.24. The van der Waals surface area contributed by atoms with Gasteiger partial charge in [-0.3, -0.25) is 14.5 Å². The highest BCUT2D eigenvalue weighted by Crippen LogP contribution is 2.41. The maximum Gasteiger partial charge on any atom is 0.261 e. The molecule has 0 aromatic heterocycles. The van der Waals surface area contributed by atoms with E-state index >= 15 is 0 Å². The van der Waals surface area contributed by atoms with Crippen molar-refractivity contribution in [1.29, 1.82) is 0 Å². The summed E-state index contributed by atoms with van der Waals surface area (Å²) in [5.74, 6) is -0.419. The number of rotatable bonds is 4.